The van der Waals surface area contributed by atoms with Crippen LogP contribution in [0.3, 0.4) is 0 Å². The van der Waals surface area contributed by atoms with E-state index in [1.807, 2.05) is 30.3 Å². The van der Waals surface area contributed by atoms with Gasteiger partial charge < -0.3 is 5.11 Å². The van der Waals surface area contributed by atoms with Crippen molar-refractivity contribution < 1.29 is 13.5 Å². The van der Waals surface area contributed by atoms with E-state index in [0.29, 0.717) is 0 Å². The van der Waals surface area contributed by atoms with Crippen LogP contribution in [-0.4, -0.2) is 42.8 Å². The van der Waals surface area contributed by atoms with E-state index in [0.717, 1.165) is 34.5 Å². The van der Waals surface area contributed by atoms with Crippen LogP contribution >= 0.6 is 0 Å². The second kappa shape index (κ2) is 7.14. The first-order valence-electron chi connectivity index (χ1n) is 7.51. The van der Waals surface area contributed by atoms with Crippen molar-refractivity contribution in [3.63, 3.8) is 0 Å². The van der Waals surface area contributed by atoms with E-state index in [2.05, 4.69) is 18.8 Å². The minimum absolute atomic E-state index is 0.312. The maximum atomic E-state index is 11.8. The molecule has 1 saturated heterocycles. The van der Waals surface area contributed by atoms with Gasteiger partial charge in [0.2, 0.25) is 10.0 Å². The normalized spacial score (nSPS) is 24.2. The lowest BCUT2D eigenvalue weighted by Gasteiger charge is -2.49. The molecule has 0 unspecified atom stereocenters. The molecule has 0 spiro atoms. The van der Waals surface area contributed by atoms with Gasteiger partial charge in [-0.1, -0.05) is 30.9 Å². The van der Waals surface area contributed by atoms with E-state index in [-0.39, 0.29) is 12.5 Å². The average molecular weight is 332 g/mol. The predicted octanol–water partition coefficient (Wildman–Crippen LogP) is 1.45. The summed E-state index contributed by atoms with van der Waals surface area (Å²) in [5.41, 5.74) is 1.73. The van der Waals surface area contributed by atoms with Crippen LogP contribution in [0.1, 0.15) is 36.8 Å². The zero-order chi connectivity index (χ0) is 17.0. The molecular weight excluding hydrogens is 312 g/mol. The number of rotatable bonds is 4. The van der Waals surface area contributed by atoms with Gasteiger partial charge in [-0.25, -0.2) is 8.42 Å². The van der Waals surface area contributed by atoms with Crippen molar-refractivity contribution in [1.82, 2.24) is 4.31 Å². The van der Waals surface area contributed by atoms with Crippen LogP contribution in [0.2, 0.25) is 0 Å². The average Bonchev–Trinajstić information content (AvgIpc) is 2.47. The van der Waals surface area contributed by atoms with E-state index in [4.69, 9.17) is 0 Å². The lowest BCUT2D eigenvalue weighted by atomic mass is 9.78. The summed E-state index contributed by atoms with van der Waals surface area (Å²) in [5.74, 6) is 5.80. The van der Waals surface area contributed by atoms with E-state index in [9.17, 15) is 18.8 Å². The molecule has 0 aromatic heterocycles. The molecule has 0 radical (unpaired) electrons. The minimum atomic E-state index is -3.52. The van der Waals surface area contributed by atoms with Crippen LogP contribution in [0.4, 0.5) is 0 Å². The summed E-state index contributed by atoms with van der Waals surface area (Å²) in [6.07, 6.45) is 2.91. The van der Waals surface area contributed by atoms with Gasteiger partial charge in [-0.3, -0.25) is 0 Å². The van der Waals surface area contributed by atoms with Crippen LogP contribution in [0.15, 0.2) is 24.3 Å². The molecule has 1 N–H and O–H groups in total. The Hall–Kier alpha value is -1.86. The number of aliphatic hydroxyl groups excluding tert-OH is 1. The highest BCUT2D eigenvalue weighted by Gasteiger charge is 2.53. The van der Waals surface area contributed by atoms with Gasteiger partial charge >= 0.3 is 0 Å². The number of nitriles is 1. The molecule has 1 aromatic carbocycles. The maximum absolute atomic E-state index is 11.8. The van der Waals surface area contributed by atoms with Crippen LogP contribution in [0, 0.1) is 23.2 Å². The third-order valence-corrected chi connectivity index (χ3v) is 5.23. The molecule has 122 valence electrons. The van der Waals surface area contributed by atoms with E-state index in [1.165, 1.54) is 0 Å². The number of aliphatic hydroxyl groups is 1. The van der Waals surface area contributed by atoms with Gasteiger partial charge in [0, 0.05) is 17.9 Å². The molecule has 0 bridgehead atoms. The Morgan fingerprint density at radius 3 is 2.43 bits per heavy atom. The van der Waals surface area contributed by atoms with Gasteiger partial charge in [0.1, 0.15) is 6.04 Å². The fourth-order valence-corrected chi connectivity index (χ4v) is 4.18. The zero-order valence-electron chi connectivity index (χ0n) is 13.2. The second-order valence-corrected chi connectivity index (χ2v) is 7.50. The van der Waals surface area contributed by atoms with Crippen molar-refractivity contribution in [2.75, 3.05) is 12.9 Å². The quantitative estimate of drug-likeness (QED) is 0.846. The molecule has 6 heteroatoms. The summed E-state index contributed by atoms with van der Waals surface area (Å²) >= 11 is 0. The molecule has 1 aliphatic rings. The summed E-state index contributed by atoms with van der Waals surface area (Å²) in [4.78, 5) is 0. The number of hydrogen-bond donors (Lipinski definition) is 1. The first kappa shape index (κ1) is 17.5. The molecule has 3 atom stereocenters. The fourth-order valence-electron chi connectivity index (χ4n) is 2.90. The Morgan fingerprint density at radius 2 is 1.96 bits per heavy atom. The van der Waals surface area contributed by atoms with Crippen LogP contribution < -0.4 is 0 Å². The summed E-state index contributed by atoms with van der Waals surface area (Å²) in [6.45, 7) is 1.76. The highest BCUT2D eigenvalue weighted by Crippen LogP contribution is 2.41. The molecule has 0 saturated carbocycles. The lowest BCUT2D eigenvalue weighted by molar-refractivity contribution is 0.0564. The first-order chi connectivity index (χ1) is 10.9. The van der Waals surface area contributed by atoms with Crippen molar-refractivity contribution in [2.24, 2.45) is 0 Å². The largest absolute Gasteiger partial charge is 0.395 e. The van der Waals surface area contributed by atoms with Gasteiger partial charge in [-0.2, -0.15) is 9.57 Å². The van der Waals surface area contributed by atoms with Gasteiger partial charge in [0.15, 0.2) is 0 Å². The monoisotopic (exact) mass is 332 g/mol. The fraction of sp³-hybridized carbons (Fsp3) is 0.471. The molecule has 1 aliphatic heterocycles. The molecule has 23 heavy (non-hydrogen) atoms. The second-order valence-electron chi connectivity index (χ2n) is 5.62. The smallest absolute Gasteiger partial charge is 0.212 e. The Bertz CT molecular complexity index is 754. The van der Waals surface area contributed by atoms with Crippen molar-refractivity contribution in [3.05, 3.63) is 35.4 Å². The van der Waals surface area contributed by atoms with Crippen molar-refractivity contribution in [2.45, 2.75) is 37.8 Å². The number of benzene rings is 1. The highest BCUT2D eigenvalue weighted by molar-refractivity contribution is 7.88. The highest BCUT2D eigenvalue weighted by atomic mass is 32.2. The Kier molecular flexibility index (Phi) is 5.43. The summed E-state index contributed by atoms with van der Waals surface area (Å²) in [6, 6.07) is 8.10. The van der Waals surface area contributed by atoms with Crippen molar-refractivity contribution >= 4 is 10.0 Å². The predicted molar refractivity (Wildman–Crippen MR) is 87.9 cm³/mol. The lowest BCUT2D eigenvalue weighted by Crippen LogP contribution is -2.64. The summed E-state index contributed by atoms with van der Waals surface area (Å²) < 4.78 is 24.6. The topological polar surface area (TPSA) is 81.4 Å². The Morgan fingerprint density at radius 1 is 1.30 bits per heavy atom. The Labute approximate surface area is 137 Å². The number of sulfonamides is 1. The molecule has 0 amide bonds. The summed E-state index contributed by atoms with van der Waals surface area (Å²) in [5, 5.41) is 18.8. The molecule has 2 rings (SSSR count). The molecule has 5 nitrogen and oxygen atoms in total. The molecule has 1 aromatic rings. The molecule has 1 heterocycles. The van der Waals surface area contributed by atoms with Gasteiger partial charge in [-0.05, 0) is 24.1 Å². The third-order valence-electron chi connectivity index (χ3n) is 3.96. The first-order valence-corrected chi connectivity index (χ1v) is 9.36. The van der Waals surface area contributed by atoms with Gasteiger partial charge in [0.25, 0.3) is 0 Å². The third kappa shape index (κ3) is 3.56. The SMILES string of the molecule is CCCC#Cc1ccc([C@@H]2[C@H](C#N)N(S(C)(=O)=O)[C@H]2CO)cc1. The Balaban J connectivity index is 2.25. The summed E-state index contributed by atoms with van der Waals surface area (Å²) in [7, 11) is -3.52. The van der Waals surface area contributed by atoms with E-state index >= 15 is 0 Å². The van der Waals surface area contributed by atoms with Gasteiger partial charge in [0.05, 0.1) is 25.0 Å². The number of nitrogens with zero attached hydrogens (tertiary/aromatic N) is 2. The maximum Gasteiger partial charge on any atom is 0.212 e. The number of unbranched alkanes of at least 4 members (excludes halogenated alkanes) is 1. The molecular formula is C17H20N2O3S. The number of hydrogen-bond acceptors (Lipinski definition) is 4. The minimum Gasteiger partial charge on any atom is -0.395 e. The molecule has 1 fully saturated rings. The van der Waals surface area contributed by atoms with Crippen LogP contribution in [0.5, 0.6) is 0 Å². The van der Waals surface area contributed by atoms with E-state index in [1.54, 1.807) is 0 Å². The van der Waals surface area contributed by atoms with Crippen molar-refractivity contribution in [1.29, 1.82) is 5.26 Å². The van der Waals surface area contributed by atoms with Gasteiger partial charge in [-0.15, -0.1) is 0 Å². The van der Waals surface area contributed by atoms with Crippen LogP contribution in [0.25, 0.3) is 0 Å². The molecule has 0 aliphatic carbocycles. The van der Waals surface area contributed by atoms with E-state index < -0.39 is 22.1 Å². The van der Waals surface area contributed by atoms with Crippen LogP contribution in [-0.2, 0) is 10.0 Å². The standard InChI is InChI=1S/C17H20N2O3S/c1-3-4-5-6-13-7-9-14(10-8-13)17-15(11-18)19(16(17)12-20)23(2,21)22/h7-10,15-17,20H,3-4,12H2,1-2H3/t15-,16-,17+/m0/s1. The zero-order valence-corrected chi connectivity index (χ0v) is 14.0. The van der Waals surface area contributed by atoms with Crippen molar-refractivity contribution in [3.8, 4) is 17.9 Å².